The molecular formula is C13H21ClN2O2S. The van der Waals surface area contributed by atoms with Crippen LogP contribution in [0.1, 0.15) is 34.0 Å². The number of hydrogen-bond donors (Lipinski definition) is 2. The maximum atomic E-state index is 12.0. The summed E-state index contributed by atoms with van der Waals surface area (Å²) in [6.45, 7) is 2.95. The number of halogens is 1. The molecule has 2 N–H and O–H groups in total. The zero-order chi connectivity index (χ0) is 12.8. The van der Waals surface area contributed by atoms with Gasteiger partial charge in [-0.15, -0.1) is 23.7 Å². The Bertz CT molecular complexity index is 394. The molecule has 0 atom stereocenters. The zero-order valence-corrected chi connectivity index (χ0v) is 12.7. The predicted octanol–water partition coefficient (Wildman–Crippen LogP) is 2.01. The Hall–Kier alpha value is -0.620. The predicted molar refractivity (Wildman–Crippen MR) is 80.6 cm³/mol. The van der Waals surface area contributed by atoms with Crippen molar-refractivity contribution >= 4 is 29.7 Å². The van der Waals surface area contributed by atoms with Crippen LogP contribution in [-0.2, 0) is 4.74 Å². The quantitative estimate of drug-likeness (QED) is 0.722. The number of nitrogens with one attached hydrogen (secondary N) is 2. The van der Waals surface area contributed by atoms with Gasteiger partial charge in [-0.1, -0.05) is 0 Å². The van der Waals surface area contributed by atoms with E-state index in [4.69, 9.17) is 4.74 Å². The number of thiophene rings is 1. The normalized spacial score (nSPS) is 13.9. The van der Waals surface area contributed by atoms with E-state index < -0.39 is 0 Å². The monoisotopic (exact) mass is 304 g/mol. The molecule has 1 fully saturated rings. The molecule has 1 aromatic rings. The fourth-order valence-electron chi connectivity index (χ4n) is 1.86. The number of carbonyl (C=O) groups is 1. The highest BCUT2D eigenvalue weighted by molar-refractivity contribution is 7.12. The molecule has 1 aliphatic rings. The molecule has 1 amide bonds. The van der Waals surface area contributed by atoms with Crippen LogP contribution in [0.5, 0.6) is 0 Å². The van der Waals surface area contributed by atoms with Gasteiger partial charge in [0.15, 0.2) is 0 Å². The third-order valence-corrected chi connectivity index (χ3v) is 3.92. The average molecular weight is 305 g/mol. The number of amides is 1. The highest BCUT2D eigenvalue weighted by Crippen LogP contribution is 2.43. The number of methoxy groups -OCH3 is 1. The average Bonchev–Trinajstić information content (AvgIpc) is 3.11. The topological polar surface area (TPSA) is 50.4 Å². The van der Waals surface area contributed by atoms with Gasteiger partial charge in [-0.25, -0.2) is 0 Å². The molecule has 1 aromatic heterocycles. The molecule has 0 saturated heterocycles. The minimum absolute atomic E-state index is 0. The summed E-state index contributed by atoms with van der Waals surface area (Å²) in [5.74, 6) is 0.706. The Morgan fingerprint density at radius 3 is 2.89 bits per heavy atom. The molecule has 0 spiro atoms. The first kappa shape index (κ1) is 16.4. The van der Waals surface area contributed by atoms with E-state index in [1.54, 1.807) is 18.4 Å². The van der Waals surface area contributed by atoms with E-state index in [2.05, 4.69) is 16.7 Å². The molecule has 19 heavy (non-hydrogen) atoms. The highest BCUT2D eigenvalue weighted by atomic mass is 35.5. The number of ether oxygens (including phenoxy) is 1. The molecular weight excluding hydrogens is 284 g/mol. The summed E-state index contributed by atoms with van der Waals surface area (Å²) in [5.41, 5.74) is 1.24. The van der Waals surface area contributed by atoms with E-state index >= 15 is 0 Å². The molecule has 0 aromatic carbocycles. The molecule has 4 nitrogen and oxygen atoms in total. The number of rotatable bonds is 8. The molecule has 6 heteroatoms. The molecule has 0 bridgehead atoms. The first-order valence-electron chi connectivity index (χ1n) is 6.38. The summed E-state index contributed by atoms with van der Waals surface area (Å²) in [6.07, 6.45) is 2.46. The van der Waals surface area contributed by atoms with Crippen molar-refractivity contribution in [2.24, 2.45) is 0 Å². The van der Waals surface area contributed by atoms with E-state index in [1.165, 1.54) is 18.4 Å². The minimum Gasteiger partial charge on any atom is -0.383 e. The van der Waals surface area contributed by atoms with Gasteiger partial charge in [0.2, 0.25) is 0 Å². The third-order valence-electron chi connectivity index (χ3n) is 2.99. The smallest absolute Gasteiger partial charge is 0.261 e. The van der Waals surface area contributed by atoms with Crippen LogP contribution >= 0.6 is 23.7 Å². The van der Waals surface area contributed by atoms with Gasteiger partial charge in [-0.2, -0.15) is 0 Å². The van der Waals surface area contributed by atoms with E-state index in [1.807, 2.05) is 5.38 Å². The molecule has 2 rings (SSSR count). The zero-order valence-electron chi connectivity index (χ0n) is 11.1. The molecule has 108 valence electrons. The van der Waals surface area contributed by atoms with Crippen molar-refractivity contribution in [3.05, 3.63) is 21.9 Å². The van der Waals surface area contributed by atoms with Crippen molar-refractivity contribution in [3.8, 4) is 0 Å². The van der Waals surface area contributed by atoms with E-state index in [0.29, 0.717) is 19.1 Å². The summed E-state index contributed by atoms with van der Waals surface area (Å²) in [5, 5.41) is 8.17. The summed E-state index contributed by atoms with van der Waals surface area (Å²) in [4.78, 5) is 12.9. The molecule has 1 heterocycles. The maximum absolute atomic E-state index is 12.0. The number of carbonyl (C=O) groups excluding carboxylic acids is 1. The third kappa shape index (κ3) is 5.10. The first-order chi connectivity index (χ1) is 8.83. The summed E-state index contributed by atoms with van der Waals surface area (Å²) in [7, 11) is 1.68. The fourth-order valence-corrected chi connectivity index (χ4v) is 2.76. The lowest BCUT2D eigenvalue weighted by atomic mass is 10.1. The largest absolute Gasteiger partial charge is 0.383 e. The second kappa shape index (κ2) is 8.53. The lowest BCUT2D eigenvalue weighted by Crippen LogP contribution is -2.33. The van der Waals surface area contributed by atoms with Crippen LogP contribution in [0.2, 0.25) is 0 Å². The van der Waals surface area contributed by atoms with E-state index in [9.17, 15) is 4.79 Å². The van der Waals surface area contributed by atoms with Crippen molar-refractivity contribution in [1.82, 2.24) is 10.6 Å². The molecule has 0 aliphatic heterocycles. The minimum atomic E-state index is 0. The van der Waals surface area contributed by atoms with Gasteiger partial charge in [0.25, 0.3) is 5.91 Å². The lowest BCUT2D eigenvalue weighted by Gasteiger charge is -2.06. The van der Waals surface area contributed by atoms with Gasteiger partial charge in [-0.3, -0.25) is 4.79 Å². The van der Waals surface area contributed by atoms with Crippen LogP contribution in [0.25, 0.3) is 0 Å². The van der Waals surface area contributed by atoms with E-state index in [0.717, 1.165) is 18.0 Å². The standard InChI is InChI=1S/C13H20N2O2S.ClH/c1-17-8-7-14-5-6-15-13(16)12-11(4-9-18-12)10-2-3-10;/h4,9-10,14H,2-3,5-8H2,1H3,(H,15,16);1H. The first-order valence-corrected chi connectivity index (χ1v) is 7.26. The SMILES string of the molecule is COCCNCCNC(=O)c1sccc1C1CC1.Cl. The summed E-state index contributed by atoms with van der Waals surface area (Å²) < 4.78 is 4.93. The van der Waals surface area contributed by atoms with Crippen LogP contribution in [0.4, 0.5) is 0 Å². The second-order valence-corrected chi connectivity index (χ2v) is 5.39. The van der Waals surface area contributed by atoms with Crippen LogP contribution in [0, 0.1) is 0 Å². The van der Waals surface area contributed by atoms with Crippen molar-refractivity contribution in [2.75, 3.05) is 33.4 Å². The molecule has 0 radical (unpaired) electrons. The molecule has 0 unspecified atom stereocenters. The Kier molecular flexibility index (Phi) is 7.38. The Labute approximate surface area is 124 Å². The van der Waals surface area contributed by atoms with Gasteiger partial charge in [0.05, 0.1) is 11.5 Å². The van der Waals surface area contributed by atoms with Gasteiger partial charge < -0.3 is 15.4 Å². The number of hydrogen-bond acceptors (Lipinski definition) is 4. The van der Waals surface area contributed by atoms with Crippen LogP contribution in [0.3, 0.4) is 0 Å². The Morgan fingerprint density at radius 2 is 2.21 bits per heavy atom. The van der Waals surface area contributed by atoms with Gasteiger partial charge in [0, 0.05) is 26.7 Å². The fraction of sp³-hybridized carbons (Fsp3) is 0.615. The van der Waals surface area contributed by atoms with Crippen molar-refractivity contribution < 1.29 is 9.53 Å². The van der Waals surface area contributed by atoms with Crippen LogP contribution in [0.15, 0.2) is 11.4 Å². The van der Waals surface area contributed by atoms with Crippen molar-refractivity contribution in [1.29, 1.82) is 0 Å². The van der Waals surface area contributed by atoms with Crippen LogP contribution in [-0.4, -0.2) is 39.3 Å². The van der Waals surface area contributed by atoms with Crippen molar-refractivity contribution in [3.63, 3.8) is 0 Å². The van der Waals surface area contributed by atoms with Gasteiger partial charge in [0.1, 0.15) is 0 Å². The molecule has 1 aliphatic carbocycles. The van der Waals surface area contributed by atoms with Crippen molar-refractivity contribution in [2.45, 2.75) is 18.8 Å². The lowest BCUT2D eigenvalue weighted by molar-refractivity contribution is 0.0957. The molecule has 1 saturated carbocycles. The Balaban J connectivity index is 0.00000180. The maximum Gasteiger partial charge on any atom is 0.261 e. The summed E-state index contributed by atoms with van der Waals surface area (Å²) in [6, 6.07) is 2.09. The van der Waals surface area contributed by atoms with Gasteiger partial charge >= 0.3 is 0 Å². The van der Waals surface area contributed by atoms with Gasteiger partial charge in [-0.05, 0) is 35.8 Å². The second-order valence-electron chi connectivity index (χ2n) is 4.48. The van der Waals surface area contributed by atoms with Crippen LogP contribution < -0.4 is 10.6 Å². The summed E-state index contributed by atoms with van der Waals surface area (Å²) >= 11 is 1.55. The van der Waals surface area contributed by atoms with E-state index in [-0.39, 0.29) is 18.3 Å². The Morgan fingerprint density at radius 1 is 1.42 bits per heavy atom. The highest BCUT2D eigenvalue weighted by Gasteiger charge is 2.28.